The summed E-state index contributed by atoms with van der Waals surface area (Å²) in [7, 11) is 0. The largest absolute Gasteiger partial charge is 0.444 e. The van der Waals surface area contributed by atoms with E-state index in [9.17, 15) is 0 Å². The van der Waals surface area contributed by atoms with Crippen LogP contribution < -0.4 is 5.32 Å². The van der Waals surface area contributed by atoms with Gasteiger partial charge in [-0.1, -0.05) is 36.8 Å². The highest BCUT2D eigenvalue weighted by molar-refractivity contribution is 5.21. The molecule has 0 unspecified atom stereocenters. The molecule has 2 aromatic rings. The molecule has 0 saturated heterocycles. The second-order valence-electron chi connectivity index (χ2n) is 4.88. The number of aromatic nitrogens is 1. The maximum Gasteiger partial charge on any atom is 0.208 e. The molecule has 0 radical (unpaired) electrons. The average molecular weight is 258 g/mol. The number of rotatable bonds is 7. The van der Waals surface area contributed by atoms with Gasteiger partial charge >= 0.3 is 0 Å². The third-order valence-corrected chi connectivity index (χ3v) is 3.09. The predicted octanol–water partition coefficient (Wildman–Crippen LogP) is 3.27. The Hall–Kier alpha value is -1.61. The van der Waals surface area contributed by atoms with E-state index in [2.05, 4.69) is 48.4 Å². The third kappa shape index (κ3) is 4.52. The lowest BCUT2D eigenvalue weighted by molar-refractivity contribution is 0.435. The maximum absolute atomic E-state index is 5.70. The van der Waals surface area contributed by atoms with Crippen LogP contribution in [0, 0.1) is 6.92 Å². The second kappa shape index (κ2) is 7.10. The van der Waals surface area contributed by atoms with Crippen molar-refractivity contribution in [1.82, 2.24) is 10.3 Å². The molecule has 0 bridgehead atoms. The monoisotopic (exact) mass is 258 g/mol. The van der Waals surface area contributed by atoms with Crippen LogP contribution >= 0.6 is 0 Å². The summed E-state index contributed by atoms with van der Waals surface area (Å²) in [5.41, 5.74) is 2.64. The van der Waals surface area contributed by atoms with Crippen LogP contribution in [0.15, 0.2) is 34.9 Å². The summed E-state index contributed by atoms with van der Waals surface area (Å²) in [5, 5.41) is 3.29. The van der Waals surface area contributed by atoms with Crippen LogP contribution in [0.1, 0.15) is 36.1 Å². The molecular weight excluding hydrogens is 236 g/mol. The Balaban J connectivity index is 1.81. The molecule has 0 saturated carbocycles. The second-order valence-corrected chi connectivity index (χ2v) is 4.88. The fourth-order valence-electron chi connectivity index (χ4n) is 1.94. The zero-order chi connectivity index (χ0) is 13.5. The van der Waals surface area contributed by atoms with Crippen LogP contribution in [-0.4, -0.2) is 11.5 Å². The summed E-state index contributed by atoms with van der Waals surface area (Å²) in [6, 6.07) is 8.65. The van der Waals surface area contributed by atoms with E-state index in [1.54, 1.807) is 0 Å². The lowest BCUT2D eigenvalue weighted by atomic mass is 10.1. The van der Waals surface area contributed by atoms with Crippen molar-refractivity contribution in [3.8, 4) is 0 Å². The zero-order valence-electron chi connectivity index (χ0n) is 11.8. The van der Waals surface area contributed by atoms with E-state index in [1.807, 2.05) is 6.20 Å². The minimum Gasteiger partial charge on any atom is -0.444 e. The van der Waals surface area contributed by atoms with Crippen molar-refractivity contribution in [1.29, 1.82) is 0 Å². The first-order valence-electron chi connectivity index (χ1n) is 6.97. The van der Waals surface area contributed by atoms with Gasteiger partial charge in [0.25, 0.3) is 0 Å². The van der Waals surface area contributed by atoms with Crippen molar-refractivity contribution in [2.45, 2.75) is 39.7 Å². The first-order valence-corrected chi connectivity index (χ1v) is 6.97. The molecule has 1 N–H and O–H groups in total. The highest BCUT2D eigenvalue weighted by Crippen LogP contribution is 2.10. The SMILES string of the molecule is CCCNCc1ncc(CCc2ccc(C)cc2)o1. The Morgan fingerprint density at radius 1 is 1.16 bits per heavy atom. The van der Waals surface area contributed by atoms with Gasteiger partial charge in [0.2, 0.25) is 5.89 Å². The lowest BCUT2D eigenvalue weighted by Crippen LogP contribution is -2.13. The van der Waals surface area contributed by atoms with Crippen LogP contribution in [0.2, 0.25) is 0 Å². The van der Waals surface area contributed by atoms with E-state index in [0.29, 0.717) is 0 Å². The fourth-order valence-corrected chi connectivity index (χ4v) is 1.94. The predicted molar refractivity (Wildman–Crippen MR) is 77.1 cm³/mol. The van der Waals surface area contributed by atoms with Crippen molar-refractivity contribution in [2.75, 3.05) is 6.54 Å². The average Bonchev–Trinajstić information content (AvgIpc) is 2.86. The van der Waals surface area contributed by atoms with Gasteiger partial charge in [0.1, 0.15) is 5.76 Å². The molecule has 0 amide bonds. The van der Waals surface area contributed by atoms with Crippen molar-refractivity contribution < 1.29 is 4.42 Å². The normalized spacial score (nSPS) is 10.8. The van der Waals surface area contributed by atoms with Crippen LogP contribution in [-0.2, 0) is 19.4 Å². The lowest BCUT2D eigenvalue weighted by Gasteiger charge is -2.00. The third-order valence-electron chi connectivity index (χ3n) is 3.09. The van der Waals surface area contributed by atoms with Gasteiger partial charge in [0, 0.05) is 6.42 Å². The number of nitrogens with zero attached hydrogens (tertiary/aromatic N) is 1. The van der Waals surface area contributed by atoms with E-state index in [0.717, 1.165) is 44.0 Å². The molecule has 1 aromatic heterocycles. The van der Waals surface area contributed by atoms with Gasteiger partial charge in [-0.3, -0.25) is 0 Å². The van der Waals surface area contributed by atoms with E-state index in [-0.39, 0.29) is 0 Å². The Bertz CT molecular complexity index is 488. The minimum absolute atomic E-state index is 0.721. The molecular formula is C16H22N2O. The Labute approximate surface area is 115 Å². The number of hydrogen-bond donors (Lipinski definition) is 1. The minimum atomic E-state index is 0.721. The smallest absolute Gasteiger partial charge is 0.208 e. The molecule has 19 heavy (non-hydrogen) atoms. The molecule has 2 rings (SSSR count). The van der Waals surface area contributed by atoms with Crippen LogP contribution in [0.4, 0.5) is 0 Å². The number of hydrogen-bond acceptors (Lipinski definition) is 3. The van der Waals surface area contributed by atoms with E-state index in [4.69, 9.17) is 4.42 Å². The number of oxazole rings is 1. The van der Waals surface area contributed by atoms with Gasteiger partial charge in [-0.05, 0) is 31.9 Å². The maximum atomic E-state index is 5.70. The molecule has 0 aliphatic rings. The Kier molecular flexibility index (Phi) is 5.16. The number of nitrogens with one attached hydrogen (secondary N) is 1. The topological polar surface area (TPSA) is 38.1 Å². The molecule has 1 aromatic carbocycles. The van der Waals surface area contributed by atoms with Crippen LogP contribution in [0.25, 0.3) is 0 Å². The van der Waals surface area contributed by atoms with Gasteiger partial charge < -0.3 is 9.73 Å². The molecule has 0 aliphatic heterocycles. The van der Waals surface area contributed by atoms with E-state index in [1.165, 1.54) is 11.1 Å². The molecule has 0 atom stereocenters. The van der Waals surface area contributed by atoms with Crippen LogP contribution in [0.3, 0.4) is 0 Å². The van der Waals surface area contributed by atoms with Gasteiger partial charge in [0.15, 0.2) is 0 Å². The van der Waals surface area contributed by atoms with Gasteiger partial charge in [-0.25, -0.2) is 4.98 Å². The summed E-state index contributed by atoms with van der Waals surface area (Å²) < 4.78 is 5.70. The summed E-state index contributed by atoms with van der Waals surface area (Å²) in [5.74, 6) is 1.75. The number of aryl methyl sites for hydroxylation is 3. The highest BCUT2D eigenvalue weighted by Gasteiger charge is 2.04. The first kappa shape index (κ1) is 13.8. The van der Waals surface area contributed by atoms with Crippen molar-refractivity contribution >= 4 is 0 Å². The van der Waals surface area contributed by atoms with Gasteiger partial charge in [-0.2, -0.15) is 0 Å². The quantitative estimate of drug-likeness (QED) is 0.775. The molecule has 102 valence electrons. The Morgan fingerprint density at radius 2 is 1.95 bits per heavy atom. The first-order chi connectivity index (χ1) is 9.28. The zero-order valence-corrected chi connectivity index (χ0v) is 11.8. The van der Waals surface area contributed by atoms with Crippen molar-refractivity contribution in [2.24, 2.45) is 0 Å². The van der Waals surface area contributed by atoms with Gasteiger partial charge in [-0.15, -0.1) is 0 Å². The summed E-state index contributed by atoms with van der Waals surface area (Å²) in [4.78, 5) is 4.29. The van der Waals surface area contributed by atoms with Gasteiger partial charge in [0.05, 0.1) is 12.7 Å². The summed E-state index contributed by atoms with van der Waals surface area (Å²) in [6.07, 6.45) is 4.87. The Morgan fingerprint density at radius 3 is 2.68 bits per heavy atom. The standard InChI is InChI=1S/C16H22N2O/c1-3-10-17-12-16-18-11-15(19-16)9-8-14-6-4-13(2)5-7-14/h4-7,11,17H,3,8-10,12H2,1-2H3. The van der Waals surface area contributed by atoms with Crippen molar-refractivity contribution in [3.63, 3.8) is 0 Å². The number of benzene rings is 1. The highest BCUT2D eigenvalue weighted by atomic mass is 16.4. The molecule has 0 fully saturated rings. The molecule has 3 nitrogen and oxygen atoms in total. The van der Waals surface area contributed by atoms with Crippen LogP contribution in [0.5, 0.6) is 0 Å². The summed E-state index contributed by atoms with van der Waals surface area (Å²) in [6.45, 7) is 5.98. The molecule has 0 aliphatic carbocycles. The molecule has 0 spiro atoms. The van der Waals surface area contributed by atoms with Crippen molar-refractivity contribution in [3.05, 3.63) is 53.2 Å². The van der Waals surface area contributed by atoms with E-state index >= 15 is 0 Å². The molecule has 3 heteroatoms. The summed E-state index contributed by atoms with van der Waals surface area (Å²) >= 11 is 0. The van der Waals surface area contributed by atoms with E-state index < -0.39 is 0 Å². The fraction of sp³-hybridized carbons (Fsp3) is 0.438. The molecule has 1 heterocycles.